The number of carbonyl (C=O) groups is 1. The van der Waals surface area contributed by atoms with Crippen LogP contribution < -0.4 is 21.3 Å². The van der Waals surface area contributed by atoms with Crippen molar-refractivity contribution in [2.45, 2.75) is 10.8 Å². The van der Waals surface area contributed by atoms with E-state index in [-0.39, 0.29) is 25.2 Å². The van der Waals surface area contributed by atoms with E-state index in [9.17, 15) is 22.8 Å². The van der Waals surface area contributed by atoms with E-state index >= 15 is 0 Å². The molecular formula is C25H18ClN5O5S2. The van der Waals surface area contributed by atoms with Gasteiger partial charge in [0.1, 0.15) is 4.21 Å². The van der Waals surface area contributed by atoms with Gasteiger partial charge >= 0.3 is 5.69 Å². The fraction of sp³-hybridized carbons (Fsp3) is 0.0400. The van der Waals surface area contributed by atoms with Gasteiger partial charge in [0, 0.05) is 17.4 Å². The Morgan fingerprint density at radius 3 is 2.50 bits per heavy atom. The number of hydrogen-bond acceptors (Lipinski definition) is 8. The topological polar surface area (TPSA) is 143 Å². The maximum absolute atomic E-state index is 13.2. The molecule has 5 aromatic rings. The molecule has 0 bridgehead atoms. The Labute approximate surface area is 224 Å². The fourth-order valence-electron chi connectivity index (χ4n) is 3.69. The third-order valence-corrected chi connectivity index (χ3v) is 8.58. The summed E-state index contributed by atoms with van der Waals surface area (Å²) >= 11 is 6.60. The third-order valence-electron chi connectivity index (χ3n) is 5.53. The predicted octanol–water partition coefficient (Wildman–Crippen LogP) is 3.52. The molecule has 0 saturated heterocycles. The molecule has 0 aliphatic heterocycles. The van der Waals surface area contributed by atoms with Gasteiger partial charge < -0.3 is 10.3 Å². The number of aromatic nitrogens is 3. The van der Waals surface area contributed by atoms with Gasteiger partial charge in [-0.05, 0) is 66.7 Å². The van der Waals surface area contributed by atoms with Crippen molar-refractivity contribution >= 4 is 55.5 Å². The van der Waals surface area contributed by atoms with Crippen LogP contribution in [0.5, 0.6) is 0 Å². The summed E-state index contributed by atoms with van der Waals surface area (Å²) in [7, 11) is -4.09. The van der Waals surface area contributed by atoms with Crippen molar-refractivity contribution in [1.29, 1.82) is 0 Å². The average Bonchev–Trinajstić information content (AvgIpc) is 3.35. The number of aromatic amines is 1. The molecule has 0 spiro atoms. The molecule has 38 heavy (non-hydrogen) atoms. The first kappa shape index (κ1) is 25.4. The molecule has 3 aromatic heterocycles. The number of carbonyl (C=O) groups excluding carboxylic acids is 1. The van der Waals surface area contributed by atoms with Gasteiger partial charge in [-0.2, -0.15) is 0 Å². The number of halogens is 1. The number of nitrogens with one attached hydrogen (secondary N) is 3. The molecule has 0 aliphatic carbocycles. The fourth-order valence-corrected chi connectivity index (χ4v) is 6.15. The Morgan fingerprint density at radius 1 is 1.03 bits per heavy atom. The zero-order chi connectivity index (χ0) is 26.9. The molecule has 10 nitrogen and oxygen atoms in total. The lowest BCUT2D eigenvalue weighted by Gasteiger charge is -2.10. The maximum atomic E-state index is 13.2. The number of nitrogens with zero attached hydrogens (tertiary/aromatic N) is 2. The third kappa shape index (κ3) is 5.23. The number of anilines is 1. The van der Waals surface area contributed by atoms with Crippen LogP contribution in [0.1, 0.15) is 16.1 Å². The van der Waals surface area contributed by atoms with E-state index in [0.717, 1.165) is 21.6 Å². The summed E-state index contributed by atoms with van der Waals surface area (Å²) < 4.78 is 27.9. The first-order valence-corrected chi connectivity index (χ1v) is 13.7. The van der Waals surface area contributed by atoms with Gasteiger partial charge in [0.25, 0.3) is 21.5 Å². The van der Waals surface area contributed by atoms with E-state index in [1.807, 2.05) is 22.9 Å². The van der Waals surface area contributed by atoms with Crippen molar-refractivity contribution in [3.63, 3.8) is 0 Å². The van der Waals surface area contributed by atoms with Crippen molar-refractivity contribution in [3.05, 3.63) is 115 Å². The Bertz CT molecular complexity index is 1880. The summed E-state index contributed by atoms with van der Waals surface area (Å²) in [5.41, 5.74) is 0.910. The number of pyridine rings is 1. The summed E-state index contributed by atoms with van der Waals surface area (Å²) in [4.78, 5) is 45.4. The van der Waals surface area contributed by atoms with Crippen LogP contribution >= 0.6 is 22.9 Å². The Morgan fingerprint density at radius 2 is 1.82 bits per heavy atom. The summed E-state index contributed by atoms with van der Waals surface area (Å²) in [5, 5.41) is 3.49. The highest BCUT2D eigenvalue weighted by atomic mass is 35.5. The van der Waals surface area contributed by atoms with E-state index < -0.39 is 27.2 Å². The molecule has 0 aliphatic rings. The highest BCUT2D eigenvalue weighted by Gasteiger charge is 2.21. The first-order valence-electron chi connectivity index (χ1n) is 11.1. The van der Waals surface area contributed by atoms with Gasteiger partial charge in [-0.3, -0.25) is 14.6 Å². The summed E-state index contributed by atoms with van der Waals surface area (Å²) in [6.07, 6.45) is 1.69. The van der Waals surface area contributed by atoms with Gasteiger partial charge in [0.2, 0.25) is 0 Å². The van der Waals surface area contributed by atoms with Gasteiger partial charge in [-0.15, -0.1) is 11.3 Å². The number of hydrogen-bond donors (Lipinski definition) is 3. The number of thiophene rings is 1. The van der Waals surface area contributed by atoms with Crippen LogP contribution in [0.4, 0.5) is 5.69 Å². The van der Waals surface area contributed by atoms with E-state index in [1.54, 1.807) is 24.4 Å². The molecule has 0 atom stereocenters. The highest BCUT2D eigenvalue weighted by Crippen LogP contribution is 2.25. The lowest BCUT2D eigenvalue weighted by Crippen LogP contribution is -2.33. The molecule has 0 radical (unpaired) electrons. The summed E-state index contributed by atoms with van der Waals surface area (Å²) in [6, 6.07) is 18.7. The van der Waals surface area contributed by atoms with Crippen LogP contribution in [-0.4, -0.2) is 28.9 Å². The predicted molar refractivity (Wildman–Crippen MR) is 146 cm³/mol. The molecule has 0 unspecified atom stereocenters. The molecule has 0 fully saturated rings. The maximum Gasteiger partial charge on any atom is 0.333 e. The zero-order valence-electron chi connectivity index (χ0n) is 19.3. The zero-order valence-corrected chi connectivity index (χ0v) is 21.7. The standard InChI is InChI=1S/C25H18ClN5O5S2/c26-21-10-11-22(37-21)38(35,36)30-23(32)15-4-7-18(8-5-15)31-24(33)19-9-6-16(13-20(19)29-25(31)34)28-14-17-3-1-2-12-27-17/h1-13,28H,14H2,(H,29,34)(H,30,32). The minimum atomic E-state index is -4.09. The molecular weight excluding hydrogens is 550 g/mol. The average molecular weight is 568 g/mol. The smallest absolute Gasteiger partial charge is 0.333 e. The highest BCUT2D eigenvalue weighted by molar-refractivity contribution is 7.92. The lowest BCUT2D eigenvalue weighted by atomic mass is 10.2. The molecule has 5 rings (SSSR count). The van der Waals surface area contributed by atoms with Crippen LogP contribution in [0, 0.1) is 0 Å². The second-order valence-corrected chi connectivity index (χ2v) is 11.7. The lowest BCUT2D eigenvalue weighted by molar-refractivity contribution is 0.0981. The van der Waals surface area contributed by atoms with Crippen LogP contribution in [0.25, 0.3) is 16.6 Å². The van der Waals surface area contributed by atoms with Crippen LogP contribution in [0.2, 0.25) is 4.34 Å². The number of benzene rings is 2. The number of rotatable bonds is 7. The van der Waals surface area contributed by atoms with Gasteiger partial charge in [-0.1, -0.05) is 17.7 Å². The monoisotopic (exact) mass is 567 g/mol. The van der Waals surface area contributed by atoms with E-state index in [4.69, 9.17) is 11.6 Å². The van der Waals surface area contributed by atoms with E-state index in [1.165, 1.54) is 36.4 Å². The van der Waals surface area contributed by atoms with Crippen molar-refractivity contribution in [1.82, 2.24) is 19.3 Å². The molecule has 1 amide bonds. The van der Waals surface area contributed by atoms with Crippen molar-refractivity contribution in [3.8, 4) is 5.69 Å². The first-order chi connectivity index (χ1) is 18.2. The molecule has 0 saturated carbocycles. The minimum absolute atomic E-state index is 0.0221. The second-order valence-electron chi connectivity index (χ2n) is 8.05. The van der Waals surface area contributed by atoms with Crippen LogP contribution in [0.15, 0.2) is 92.8 Å². The normalized spacial score (nSPS) is 11.4. The largest absolute Gasteiger partial charge is 0.379 e. The summed E-state index contributed by atoms with van der Waals surface area (Å²) in [6.45, 7) is 0.468. The van der Waals surface area contributed by atoms with Crippen molar-refractivity contribution < 1.29 is 13.2 Å². The van der Waals surface area contributed by atoms with Crippen molar-refractivity contribution in [2.24, 2.45) is 0 Å². The van der Waals surface area contributed by atoms with Gasteiger partial charge in [-0.25, -0.2) is 22.5 Å². The van der Waals surface area contributed by atoms with Crippen LogP contribution in [0.3, 0.4) is 0 Å². The molecule has 2 aromatic carbocycles. The molecule has 13 heteroatoms. The number of fused-ring (bicyclic) bond motifs is 1. The Kier molecular flexibility index (Phi) is 6.85. The van der Waals surface area contributed by atoms with Crippen LogP contribution in [-0.2, 0) is 16.6 Å². The SMILES string of the molecule is O=C(NS(=O)(=O)c1ccc(Cl)s1)c1ccc(-n2c(=O)[nH]c3cc(NCc4ccccn4)ccc3c2=O)cc1. The molecule has 3 N–H and O–H groups in total. The number of sulfonamides is 1. The summed E-state index contributed by atoms with van der Waals surface area (Å²) in [5.74, 6) is -0.869. The Balaban J connectivity index is 1.38. The molecule has 3 heterocycles. The second kappa shape index (κ2) is 10.2. The number of H-pyrrole nitrogens is 1. The van der Waals surface area contributed by atoms with Gasteiger partial charge in [0.15, 0.2) is 0 Å². The van der Waals surface area contributed by atoms with Gasteiger partial charge in [0.05, 0.1) is 33.2 Å². The van der Waals surface area contributed by atoms with E-state index in [0.29, 0.717) is 17.7 Å². The quantitative estimate of drug-likeness (QED) is 0.273. The molecule has 192 valence electrons. The van der Waals surface area contributed by atoms with E-state index in [2.05, 4.69) is 15.3 Å². The van der Waals surface area contributed by atoms with Crippen molar-refractivity contribution in [2.75, 3.05) is 5.32 Å². The minimum Gasteiger partial charge on any atom is -0.379 e. The number of amides is 1. The Hall–Kier alpha value is -4.26.